The van der Waals surface area contributed by atoms with Gasteiger partial charge in [-0.1, -0.05) is 5.16 Å². The van der Waals surface area contributed by atoms with Gasteiger partial charge in [-0.15, -0.1) is 11.3 Å². The summed E-state index contributed by atoms with van der Waals surface area (Å²) >= 11 is 1.62. The van der Waals surface area contributed by atoms with Crippen molar-refractivity contribution in [3.63, 3.8) is 0 Å². The summed E-state index contributed by atoms with van der Waals surface area (Å²) in [6.07, 6.45) is 3.35. The summed E-state index contributed by atoms with van der Waals surface area (Å²) in [5, 5.41) is 7.07. The van der Waals surface area contributed by atoms with Crippen LogP contribution in [0.25, 0.3) is 0 Å². The zero-order valence-electron chi connectivity index (χ0n) is 11.8. The number of hydrogen-bond donors (Lipinski definition) is 0. The van der Waals surface area contributed by atoms with E-state index in [9.17, 15) is 4.79 Å². The van der Waals surface area contributed by atoms with Gasteiger partial charge in [0.25, 0.3) is 0 Å². The van der Waals surface area contributed by atoms with E-state index in [4.69, 9.17) is 4.52 Å². The molecular formula is C14H16N4O2S. The summed E-state index contributed by atoms with van der Waals surface area (Å²) in [5.74, 6) is 1.51. The SMILES string of the molecule is Cc1nc(Cc2noc(C3CC(=O)N(C4CC4)C3)n2)cs1. The summed E-state index contributed by atoms with van der Waals surface area (Å²) in [6, 6.07) is 0.461. The lowest BCUT2D eigenvalue weighted by atomic mass is 10.1. The second-order valence-electron chi connectivity index (χ2n) is 5.76. The summed E-state index contributed by atoms with van der Waals surface area (Å²) in [7, 11) is 0. The van der Waals surface area contributed by atoms with Crippen molar-refractivity contribution in [1.29, 1.82) is 0 Å². The molecule has 6 nitrogen and oxygen atoms in total. The minimum Gasteiger partial charge on any atom is -0.339 e. The van der Waals surface area contributed by atoms with Crippen molar-refractivity contribution in [3.05, 3.63) is 27.8 Å². The van der Waals surface area contributed by atoms with Gasteiger partial charge in [0.2, 0.25) is 11.8 Å². The Balaban J connectivity index is 1.46. The minimum absolute atomic E-state index is 0.0523. The molecule has 0 spiro atoms. The molecule has 0 bridgehead atoms. The van der Waals surface area contributed by atoms with E-state index in [0.717, 1.165) is 30.1 Å². The van der Waals surface area contributed by atoms with E-state index < -0.39 is 0 Å². The number of carbonyl (C=O) groups excluding carboxylic acids is 1. The monoisotopic (exact) mass is 304 g/mol. The predicted molar refractivity (Wildman–Crippen MR) is 76.0 cm³/mol. The van der Waals surface area contributed by atoms with Crippen molar-refractivity contribution >= 4 is 17.2 Å². The smallest absolute Gasteiger partial charge is 0.232 e. The van der Waals surface area contributed by atoms with Crippen LogP contribution in [0.3, 0.4) is 0 Å². The molecule has 0 radical (unpaired) electrons. The van der Waals surface area contributed by atoms with Gasteiger partial charge in [0.1, 0.15) is 0 Å². The normalized spacial score (nSPS) is 22.2. The molecule has 1 aliphatic heterocycles. The molecule has 1 unspecified atom stereocenters. The molecule has 1 aliphatic carbocycles. The molecule has 0 aromatic carbocycles. The number of nitrogens with zero attached hydrogens (tertiary/aromatic N) is 4. The van der Waals surface area contributed by atoms with Crippen LogP contribution in [0.5, 0.6) is 0 Å². The van der Waals surface area contributed by atoms with E-state index in [1.807, 2.05) is 17.2 Å². The Kier molecular flexibility index (Phi) is 3.02. The molecule has 1 atom stereocenters. The Morgan fingerprint density at radius 2 is 2.29 bits per heavy atom. The fraction of sp³-hybridized carbons (Fsp3) is 0.571. The molecule has 0 N–H and O–H groups in total. The largest absolute Gasteiger partial charge is 0.339 e. The van der Waals surface area contributed by atoms with Crippen molar-refractivity contribution in [3.8, 4) is 0 Å². The summed E-state index contributed by atoms with van der Waals surface area (Å²) in [6.45, 7) is 2.70. The number of amides is 1. The lowest BCUT2D eigenvalue weighted by molar-refractivity contribution is -0.128. The molecule has 3 heterocycles. The Hall–Kier alpha value is -1.76. The number of carbonyl (C=O) groups is 1. The van der Waals surface area contributed by atoms with E-state index in [-0.39, 0.29) is 11.8 Å². The first-order chi connectivity index (χ1) is 10.2. The van der Waals surface area contributed by atoms with Gasteiger partial charge in [0, 0.05) is 24.4 Å². The molecule has 2 fully saturated rings. The highest BCUT2D eigenvalue weighted by atomic mass is 32.1. The molecule has 21 heavy (non-hydrogen) atoms. The van der Waals surface area contributed by atoms with Gasteiger partial charge < -0.3 is 9.42 Å². The van der Waals surface area contributed by atoms with Crippen LogP contribution >= 0.6 is 11.3 Å². The topological polar surface area (TPSA) is 72.1 Å². The predicted octanol–water partition coefficient (Wildman–Crippen LogP) is 1.90. The molecule has 2 aromatic rings. The standard InChI is InChI=1S/C14H16N4O2S/c1-8-15-10(7-21-8)5-12-16-14(20-17-12)9-4-13(19)18(6-9)11-2-3-11/h7,9,11H,2-6H2,1H3. The van der Waals surface area contributed by atoms with E-state index in [1.54, 1.807) is 11.3 Å². The average molecular weight is 304 g/mol. The second kappa shape index (κ2) is 4.91. The highest BCUT2D eigenvalue weighted by Gasteiger charge is 2.41. The molecular weight excluding hydrogens is 288 g/mol. The average Bonchev–Trinajstić information content (AvgIpc) is 2.86. The Morgan fingerprint density at radius 3 is 3.00 bits per heavy atom. The Bertz CT molecular complexity index is 676. The molecule has 110 valence electrons. The quantitative estimate of drug-likeness (QED) is 0.862. The fourth-order valence-corrected chi connectivity index (χ4v) is 3.41. The number of aromatic nitrogens is 3. The van der Waals surface area contributed by atoms with Crippen molar-refractivity contribution < 1.29 is 9.32 Å². The lowest BCUT2D eigenvalue weighted by Gasteiger charge is -2.13. The van der Waals surface area contributed by atoms with Crippen LogP contribution in [0.1, 0.15) is 47.6 Å². The van der Waals surface area contributed by atoms with Crippen LogP contribution in [0.2, 0.25) is 0 Å². The van der Waals surface area contributed by atoms with E-state index in [0.29, 0.717) is 30.6 Å². The Labute approximate surface area is 126 Å². The maximum Gasteiger partial charge on any atom is 0.232 e. The first kappa shape index (κ1) is 12.9. The first-order valence-corrected chi connectivity index (χ1v) is 8.10. The maximum atomic E-state index is 12.0. The minimum atomic E-state index is 0.0523. The third-order valence-corrected chi connectivity index (χ3v) is 4.81. The molecule has 4 rings (SSSR count). The van der Waals surface area contributed by atoms with Crippen LogP contribution in [0, 0.1) is 6.92 Å². The summed E-state index contributed by atoms with van der Waals surface area (Å²) in [4.78, 5) is 22.8. The first-order valence-electron chi connectivity index (χ1n) is 7.22. The zero-order chi connectivity index (χ0) is 14.4. The molecule has 1 saturated carbocycles. The van der Waals surface area contributed by atoms with Gasteiger partial charge in [0.05, 0.1) is 23.0 Å². The van der Waals surface area contributed by atoms with E-state index >= 15 is 0 Å². The van der Waals surface area contributed by atoms with Gasteiger partial charge in [-0.05, 0) is 19.8 Å². The third-order valence-electron chi connectivity index (χ3n) is 3.98. The fourth-order valence-electron chi connectivity index (χ4n) is 2.79. The number of rotatable bonds is 4. The Morgan fingerprint density at radius 1 is 1.43 bits per heavy atom. The van der Waals surface area contributed by atoms with Gasteiger partial charge >= 0.3 is 0 Å². The lowest BCUT2D eigenvalue weighted by Crippen LogP contribution is -2.27. The van der Waals surface area contributed by atoms with Crippen molar-refractivity contribution in [1.82, 2.24) is 20.0 Å². The van der Waals surface area contributed by atoms with Crippen molar-refractivity contribution in [2.24, 2.45) is 0 Å². The van der Waals surface area contributed by atoms with E-state index in [1.165, 1.54) is 0 Å². The number of aryl methyl sites for hydroxylation is 1. The second-order valence-corrected chi connectivity index (χ2v) is 6.82. The van der Waals surface area contributed by atoms with Gasteiger partial charge in [-0.25, -0.2) is 4.98 Å². The number of hydrogen-bond acceptors (Lipinski definition) is 6. The molecule has 2 aromatic heterocycles. The van der Waals surface area contributed by atoms with E-state index in [2.05, 4.69) is 15.1 Å². The van der Waals surface area contributed by atoms with Crippen LogP contribution < -0.4 is 0 Å². The van der Waals surface area contributed by atoms with Crippen LogP contribution in [-0.2, 0) is 11.2 Å². The highest BCUT2D eigenvalue weighted by molar-refractivity contribution is 7.09. The molecule has 2 aliphatic rings. The highest BCUT2D eigenvalue weighted by Crippen LogP contribution is 2.35. The van der Waals surface area contributed by atoms with Gasteiger partial charge in [-0.2, -0.15) is 4.98 Å². The third kappa shape index (κ3) is 2.57. The van der Waals surface area contributed by atoms with Crippen molar-refractivity contribution in [2.45, 2.75) is 44.6 Å². The summed E-state index contributed by atoms with van der Waals surface area (Å²) < 4.78 is 5.36. The maximum absolute atomic E-state index is 12.0. The molecule has 7 heteroatoms. The van der Waals surface area contributed by atoms with Gasteiger partial charge in [0.15, 0.2) is 5.82 Å². The molecule has 1 amide bonds. The summed E-state index contributed by atoms with van der Waals surface area (Å²) in [5.41, 5.74) is 0.965. The van der Waals surface area contributed by atoms with Crippen LogP contribution in [-0.4, -0.2) is 38.5 Å². The zero-order valence-corrected chi connectivity index (χ0v) is 12.6. The molecule has 1 saturated heterocycles. The number of likely N-dealkylation sites (tertiary alicyclic amines) is 1. The van der Waals surface area contributed by atoms with Crippen molar-refractivity contribution in [2.75, 3.05) is 6.54 Å². The van der Waals surface area contributed by atoms with Crippen LogP contribution in [0.4, 0.5) is 0 Å². The van der Waals surface area contributed by atoms with Crippen LogP contribution in [0.15, 0.2) is 9.90 Å². The van der Waals surface area contributed by atoms with Gasteiger partial charge in [-0.3, -0.25) is 4.79 Å². The number of thiazole rings is 1.